The number of phenols is 2. The predicted molar refractivity (Wildman–Crippen MR) is 108 cm³/mol. The molecule has 0 atom stereocenters. The molecule has 0 saturated heterocycles. The van der Waals surface area contributed by atoms with E-state index in [1.165, 1.54) is 0 Å². The lowest BCUT2D eigenvalue weighted by Crippen LogP contribution is -1.92. The Morgan fingerprint density at radius 3 is 1.79 bits per heavy atom. The minimum atomic E-state index is 0.0249. The number of para-hydroxylation sites is 2. The summed E-state index contributed by atoms with van der Waals surface area (Å²) in [6.07, 6.45) is 0. The smallest absolute Gasteiger partial charge is 0.139 e. The number of benzene rings is 4. The molecule has 4 rings (SSSR count). The first-order chi connectivity index (χ1) is 13.7. The van der Waals surface area contributed by atoms with Crippen molar-refractivity contribution < 1.29 is 19.7 Å². The van der Waals surface area contributed by atoms with E-state index in [4.69, 9.17) is 9.47 Å². The largest absolute Gasteiger partial charge is 0.508 e. The van der Waals surface area contributed by atoms with Gasteiger partial charge in [-0.2, -0.15) is 0 Å². The van der Waals surface area contributed by atoms with Crippen LogP contribution in [0, 0.1) is 0 Å². The average molecular weight is 370 g/mol. The summed E-state index contributed by atoms with van der Waals surface area (Å²) in [5, 5.41) is 20.6. The van der Waals surface area contributed by atoms with Crippen molar-refractivity contribution >= 4 is 0 Å². The minimum absolute atomic E-state index is 0.0249. The molecule has 2 N–H and O–H groups in total. The molecule has 0 fully saturated rings. The molecule has 0 aromatic heterocycles. The van der Waals surface area contributed by atoms with Crippen molar-refractivity contribution in [3.63, 3.8) is 0 Å². The van der Waals surface area contributed by atoms with Gasteiger partial charge in [0.05, 0.1) is 5.56 Å². The zero-order valence-electron chi connectivity index (χ0n) is 14.9. The van der Waals surface area contributed by atoms with Crippen LogP contribution in [0.4, 0.5) is 0 Å². The Labute approximate surface area is 162 Å². The van der Waals surface area contributed by atoms with E-state index in [9.17, 15) is 10.2 Å². The van der Waals surface area contributed by atoms with Crippen molar-refractivity contribution in [3.8, 4) is 45.6 Å². The first-order valence-electron chi connectivity index (χ1n) is 8.82. The predicted octanol–water partition coefficient (Wildman–Crippen LogP) is 6.35. The molecule has 0 saturated carbocycles. The maximum Gasteiger partial charge on any atom is 0.139 e. The molecular weight excluding hydrogens is 352 g/mol. The van der Waals surface area contributed by atoms with Gasteiger partial charge in [0, 0.05) is 5.56 Å². The highest BCUT2D eigenvalue weighted by Crippen LogP contribution is 2.45. The van der Waals surface area contributed by atoms with Crippen molar-refractivity contribution in [1.29, 1.82) is 0 Å². The second kappa shape index (κ2) is 7.76. The first-order valence-corrected chi connectivity index (χ1v) is 8.82. The van der Waals surface area contributed by atoms with Crippen LogP contribution in [-0.4, -0.2) is 10.2 Å². The molecule has 4 heteroatoms. The van der Waals surface area contributed by atoms with E-state index in [2.05, 4.69) is 0 Å². The molecule has 4 aromatic rings. The van der Waals surface area contributed by atoms with Crippen molar-refractivity contribution in [2.45, 2.75) is 0 Å². The Kier molecular flexibility index (Phi) is 4.85. The molecule has 0 radical (unpaired) electrons. The van der Waals surface area contributed by atoms with Gasteiger partial charge in [-0.25, -0.2) is 0 Å². The van der Waals surface area contributed by atoms with Crippen LogP contribution in [0.15, 0.2) is 97.1 Å². The Balaban J connectivity index is 1.81. The molecule has 138 valence electrons. The third kappa shape index (κ3) is 3.76. The van der Waals surface area contributed by atoms with Gasteiger partial charge < -0.3 is 19.7 Å². The molecule has 0 amide bonds. The summed E-state index contributed by atoms with van der Waals surface area (Å²) in [5.74, 6) is 2.31. The van der Waals surface area contributed by atoms with Crippen LogP contribution in [-0.2, 0) is 0 Å². The molecule has 4 nitrogen and oxygen atoms in total. The van der Waals surface area contributed by atoms with Crippen molar-refractivity contribution in [2.24, 2.45) is 0 Å². The third-order valence-corrected chi connectivity index (χ3v) is 4.18. The summed E-state index contributed by atoms with van der Waals surface area (Å²) in [4.78, 5) is 0. The van der Waals surface area contributed by atoms with Crippen LogP contribution >= 0.6 is 0 Å². The van der Waals surface area contributed by atoms with E-state index in [1.54, 1.807) is 36.4 Å². The first kappa shape index (κ1) is 17.5. The Bertz CT molecular complexity index is 1080. The van der Waals surface area contributed by atoms with Gasteiger partial charge in [0.15, 0.2) is 0 Å². The van der Waals surface area contributed by atoms with Gasteiger partial charge in [-0.1, -0.05) is 42.5 Å². The molecule has 4 aromatic carbocycles. The van der Waals surface area contributed by atoms with Gasteiger partial charge in [-0.05, 0) is 54.6 Å². The van der Waals surface area contributed by atoms with Crippen LogP contribution in [0.25, 0.3) is 11.1 Å². The third-order valence-electron chi connectivity index (χ3n) is 4.18. The molecule has 0 heterocycles. The summed E-state index contributed by atoms with van der Waals surface area (Å²) in [6.45, 7) is 0. The van der Waals surface area contributed by atoms with Gasteiger partial charge in [-0.3, -0.25) is 0 Å². The van der Waals surface area contributed by atoms with Gasteiger partial charge in [0.25, 0.3) is 0 Å². The lowest BCUT2D eigenvalue weighted by Gasteiger charge is -2.16. The second-order valence-electron chi connectivity index (χ2n) is 6.16. The maximum absolute atomic E-state index is 10.6. The van der Waals surface area contributed by atoms with Gasteiger partial charge >= 0.3 is 0 Å². The van der Waals surface area contributed by atoms with Crippen LogP contribution in [0.2, 0.25) is 0 Å². The summed E-state index contributed by atoms with van der Waals surface area (Å²) < 4.78 is 12.0. The Hall–Kier alpha value is -3.92. The quantitative estimate of drug-likeness (QED) is 0.430. The second-order valence-corrected chi connectivity index (χ2v) is 6.16. The molecule has 0 aliphatic rings. The van der Waals surface area contributed by atoms with E-state index in [-0.39, 0.29) is 11.5 Å². The molecular formula is C24H18O4. The Morgan fingerprint density at radius 2 is 1.14 bits per heavy atom. The summed E-state index contributed by atoms with van der Waals surface area (Å²) in [5.41, 5.74) is 0.959. The van der Waals surface area contributed by atoms with Crippen LogP contribution in [0.5, 0.6) is 34.5 Å². The monoisotopic (exact) mass is 370 g/mol. The minimum Gasteiger partial charge on any atom is -0.508 e. The fourth-order valence-electron chi connectivity index (χ4n) is 2.91. The summed E-state index contributed by atoms with van der Waals surface area (Å²) in [7, 11) is 0. The van der Waals surface area contributed by atoms with Gasteiger partial charge in [-0.15, -0.1) is 0 Å². The lowest BCUT2D eigenvalue weighted by molar-refractivity contribution is 0.453. The highest BCUT2D eigenvalue weighted by Gasteiger charge is 2.18. The van der Waals surface area contributed by atoms with Crippen LogP contribution in [0.3, 0.4) is 0 Å². The van der Waals surface area contributed by atoms with Gasteiger partial charge in [0.2, 0.25) is 0 Å². The zero-order valence-corrected chi connectivity index (χ0v) is 14.9. The average Bonchev–Trinajstić information content (AvgIpc) is 2.71. The maximum atomic E-state index is 10.6. The SMILES string of the molecule is Oc1ccc(Oc2ccccc2)c(-c2c(O)cccc2Oc2ccccc2)c1. The normalized spacial score (nSPS) is 10.4. The van der Waals surface area contributed by atoms with E-state index in [0.29, 0.717) is 34.1 Å². The highest BCUT2D eigenvalue weighted by atomic mass is 16.5. The number of hydrogen-bond donors (Lipinski definition) is 2. The van der Waals surface area contributed by atoms with E-state index in [1.807, 2.05) is 60.7 Å². The number of phenolic OH excluding ortho intramolecular Hbond substituents is 2. The van der Waals surface area contributed by atoms with Gasteiger partial charge in [0.1, 0.15) is 34.5 Å². The lowest BCUT2D eigenvalue weighted by atomic mass is 10.0. The number of rotatable bonds is 5. The summed E-state index contributed by atoms with van der Waals surface area (Å²) in [6, 6.07) is 28.4. The van der Waals surface area contributed by atoms with E-state index >= 15 is 0 Å². The standard InChI is InChI=1S/C24H18O4/c25-17-14-15-22(27-18-8-3-1-4-9-18)20(16-17)24-21(26)12-7-13-23(24)28-19-10-5-2-6-11-19/h1-16,25-26H. The molecule has 0 unspecified atom stereocenters. The summed E-state index contributed by atoms with van der Waals surface area (Å²) >= 11 is 0. The van der Waals surface area contributed by atoms with Crippen molar-refractivity contribution in [2.75, 3.05) is 0 Å². The van der Waals surface area contributed by atoms with E-state index in [0.717, 1.165) is 0 Å². The fourth-order valence-corrected chi connectivity index (χ4v) is 2.91. The number of hydrogen-bond acceptors (Lipinski definition) is 4. The molecule has 0 bridgehead atoms. The van der Waals surface area contributed by atoms with Crippen molar-refractivity contribution in [3.05, 3.63) is 97.1 Å². The van der Waals surface area contributed by atoms with E-state index < -0.39 is 0 Å². The number of aromatic hydroxyl groups is 2. The van der Waals surface area contributed by atoms with Crippen LogP contribution in [0.1, 0.15) is 0 Å². The number of ether oxygens (including phenoxy) is 2. The molecule has 0 spiro atoms. The molecule has 0 aliphatic carbocycles. The zero-order chi connectivity index (χ0) is 19.3. The van der Waals surface area contributed by atoms with Crippen molar-refractivity contribution in [1.82, 2.24) is 0 Å². The Morgan fingerprint density at radius 1 is 0.536 bits per heavy atom. The van der Waals surface area contributed by atoms with Crippen LogP contribution < -0.4 is 9.47 Å². The molecule has 28 heavy (non-hydrogen) atoms. The molecule has 0 aliphatic heterocycles. The highest BCUT2D eigenvalue weighted by molar-refractivity contribution is 5.82. The topological polar surface area (TPSA) is 58.9 Å². The fraction of sp³-hybridized carbons (Fsp3) is 0.